The molecule has 0 saturated heterocycles. The third-order valence-corrected chi connectivity index (χ3v) is 3.38. The van der Waals surface area contributed by atoms with Crippen LogP contribution in [0.1, 0.15) is 44.9 Å². The van der Waals surface area contributed by atoms with Gasteiger partial charge in [0.15, 0.2) is 0 Å². The fourth-order valence-electron chi connectivity index (χ4n) is 2.31. The molecule has 1 rings (SSSR count). The van der Waals surface area contributed by atoms with Crippen molar-refractivity contribution in [3.05, 3.63) is 0 Å². The summed E-state index contributed by atoms with van der Waals surface area (Å²) in [5.74, 6) is 1.06. The smallest absolute Gasteiger partial charge is 0.222 e. The van der Waals surface area contributed by atoms with Gasteiger partial charge in [0, 0.05) is 26.6 Å². The highest BCUT2D eigenvalue weighted by Crippen LogP contribution is 2.27. The molecule has 0 aromatic carbocycles. The monoisotopic (exact) mass is 212 g/mol. The van der Waals surface area contributed by atoms with Crippen LogP contribution in [-0.4, -0.2) is 30.9 Å². The van der Waals surface area contributed by atoms with Gasteiger partial charge in [-0.3, -0.25) is 4.79 Å². The number of nitrogens with two attached hydrogens (primary N) is 1. The van der Waals surface area contributed by atoms with Crippen molar-refractivity contribution in [2.24, 2.45) is 11.7 Å². The fraction of sp³-hybridized carbons (Fsp3) is 0.917. The Labute approximate surface area is 93.0 Å². The van der Waals surface area contributed by atoms with Crippen LogP contribution in [0.5, 0.6) is 0 Å². The number of carbonyl (C=O) groups is 1. The van der Waals surface area contributed by atoms with Crippen LogP contribution >= 0.6 is 0 Å². The number of hydrogen-bond acceptors (Lipinski definition) is 2. The van der Waals surface area contributed by atoms with Crippen LogP contribution in [0.15, 0.2) is 0 Å². The zero-order valence-electron chi connectivity index (χ0n) is 9.87. The fourth-order valence-corrected chi connectivity index (χ4v) is 2.31. The van der Waals surface area contributed by atoms with E-state index >= 15 is 0 Å². The minimum atomic E-state index is 0.256. The van der Waals surface area contributed by atoms with Crippen molar-refractivity contribution < 1.29 is 4.79 Å². The van der Waals surface area contributed by atoms with Gasteiger partial charge >= 0.3 is 0 Å². The van der Waals surface area contributed by atoms with Crippen LogP contribution in [0, 0.1) is 5.92 Å². The molecule has 2 N–H and O–H groups in total. The van der Waals surface area contributed by atoms with E-state index in [9.17, 15) is 4.79 Å². The molecule has 3 heteroatoms. The van der Waals surface area contributed by atoms with Gasteiger partial charge < -0.3 is 10.6 Å². The lowest BCUT2D eigenvalue weighted by Gasteiger charge is -2.22. The highest BCUT2D eigenvalue weighted by Gasteiger charge is 2.15. The molecule has 15 heavy (non-hydrogen) atoms. The molecular formula is C12H24N2O. The van der Waals surface area contributed by atoms with Crippen LogP contribution in [-0.2, 0) is 4.79 Å². The first kappa shape index (κ1) is 12.5. The van der Waals surface area contributed by atoms with E-state index in [0.717, 1.165) is 12.3 Å². The van der Waals surface area contributed by atoms with Crippen LogP contribution < -0.4 is 5.73 Å². The Bertz CT molecular complexity index is 188. The summed E-state index contributed by atoms with van der Waals surface area (Å²) in [4.78, 5) is 13.4. The molecule has 1 saturated carbocycles. The Balaban J connectivity index is 2.14. The Morgan fingerprint density at radius 3 is 2.60 bits per heavy atom. The summed E-state index contributed by atoms with van der Waals surface area (Å²) < 4.78 is 0. The lowest BCUT2D eigenvalue weighted by atomic mass is 9.86. The number of nitrogens with zero attached hydrogens (tertiary/aromatic N) is 1. The number of carbonyl (C=O) groups excluding carboxylic acids is 1. The molecule has 0 heterocycles. The number of amides is 1. The summed E-state index contributed by atoms with van der Waals surface area (Å²) >= 11 is 0. The molecular weight excluding hydrogens is 188 g/mol. The maximum atomic E-state index is 11.6. The first-order chi connectivity index (χ1) is 7.24. The van der Waals surface area contributed by atoms with Crippen LogP contribution in [0.2, 0.25) is 0 Å². The molecule has 88 valence electrons. The highest BCUT2D eigenvalue weighted by molar-refractivity contribution is 5.75. The minimum absolute atomic E-state index is 0.256. The quantitative estimate of drug-likeness (QED) is 0.755. The average Bonchev–Trinajstić information content (AvgIpc) is 2.27. The second-order valence-electron chi connectivity index (χ2n) is 4.65. The second-order valence-corrected chi connectivity index (χ2v) is 4.65. The van der Waals surface area contributed by atoms with E-state index in [1.54, 1.807) is 4.90 Å². The Hall–Kier alpha value is -0.570. The molecule has 0 aliphatic heterocycles. The van der Waals surface area contributed by atoms with Crippen molar-refractivity contribution in [1.29, 1.82) is 0 Å². The summed E-state index contributed by atoms with van der Waals surface area (Å²) in [7, 11) is 1.84. The van der Waals surface area contributed by atoms with Crippen LogP contribution in [0.3, 0.4) is 0 Å². The predicted octanol–water partition coefficient (Wildman–Crippen LogP) is 1.76. The Morgan fingerprint density at radius 1 is 1.33 bits per heavy atom. The van der Waals surface area contributed by atoms with E-state index in [4.69, 9.17) is 5.73 Å². The summed E-state index contributed by atoms with van der Waals surface area (Å²) in [6, 6.07) is 0. The maximum absolute atomic E-state index is 11.6. The predicted molar refractivity (Wildman–Crippen MR) is 62.5 cm³/mol. The zero-order chi connectivity index (χ0) is 11.1. The Kier molecular flexibility index (Phi) is 5.69. The Morgan fingerprint density at radius 2 is 2.00 bits per heavy atom. The van der Waals surface area contributed by atoms with Gasteiger partial charge in [-0.2, -0.15) is 0 Å². The van der Waals surface area contributed by atoms with E-state index in [1.165, 1.54) is 32.1 Å². The van der Waals surface area contributed by atoms with E-state index in [2.05, 4.69) is 0 Å². The topological polar surface area (TPSA) is 46.3 Å². The van der Waals surface area contributed by atoms with E-state index in [1.807, 2.05) is 7.05 Å². The third kappa shape index (κ3) is 4.65. The lowest BCUT2D eigenvalue weighted by Crippen LogP contribution is -2.31. The first-order valence-electron chi connectivity index (χ1n) is 6.18. The molecule has 0 bridgehead atoms. The zero-order valence-corrected chi connectivity index (χ0v) is 9.87. The van der Waals surface area contributed by atoms with Gasteiger partial charge in [0.2, 0.25) is 5.91 Å². The molecule has 3 nitrogen and oxygen atoms in total. The summed E-state index contributed by atoms with van der Waals surface area (Å²) in [6.07, 6.45) is 8.54. The molecule has 0 aromatic heterocycles. The van der Waals surface area contributed by atoms with Gasteiger partial charge in [0.25, 0.3) is 0 Å². The molecule has 0 spiro atoms. The molecule has 0 radical (unpaired) electrons. The molecule has 0 aromatic rings. The van der Waals surface area contributed by atoms with Crippen molar-refractivity contribution in [3.8, 4) is 0 Å². The van der Waals surface area contributed by atoms with E-state index < -0.39 is 0 Å². The molecule has 1 amide bonds. The summed E-state index contributed by atoms with van der Waals surface area (Å²) in [5.41, 5.74) is 5.41. The van der Waals surface area contributed by atoms with Gasteiger partial charge in [-0.15, -0.1) is 0 Å². The minimum Gasteiger partial charge on any atom is -0.344 e. The van der Waals surface area contributed by atoms with Crippen molar-refractivity contribution in [1.82, 2.24) is 4.90 Å². The van der Waals surface area contributed by atoms with Crippen LogP contribution in [0.25, 0.3) is 0 Å². The van der Waals surface area contributed by atoms with Crippen molar-refractivity contribution >= 4 is 5.91 Å². The standard InChI is InChI=1S/C12H24N2O/c1-14(10-9-13)12(15)8-7-11-5-3-2-4-6-11/h11H,2-10,13H2,1H3. The van der Waals surface area contributed by atoms with E-state index in [0.29, 0.717) is 19.5 Å². The second kappa shape index (κ2) is 6.83. The van der Waals surface area contributed by atoms with Gasteiger partial charge in [-0.25, -0.2) is 0 Å². The number of hydrogen-bond donors (Lipinski definition) is 1. The summed E-state index contributed by atoms with van der Waals surface area (Å²) in [6.45, 7) is 1.25. The van der Waals surface area contributed by atoms with E-state index in [-0.39, 0.29) is 5.91 Å². The number of rotatable bonds is 5. The number of likely N-dealkylation sites (N-methyl/N-ethyl adjacent to an activating group) is 1. The van der Waals surface area contributed by atoms with Gasteiger partial charge in [-0.05, 0) is 12.3 Å². The molecule has 0 atom stereocenters. The third-order valence-electron chi connectivity index (χ3n) is 3.38. The average molecular weight is 212 g/mol. The molecule has 1 fully saturated rings. The maximum Gasteiger partial charge on any atom is 0.222 e. The van der Waals surface area contributed by atoms with Crippen molar-refractivity contribution in [2.45, 2.75) is 44.9 Å². The molecule has 0 unspecified atom stereocenters. The normalized spacial score (nSPS) is 17.7. The van der Waals surface area contributed by atoms with Gasteiger partial charge in [0.1, 0.15) is 0 Å². The summed E-state index contributed by atoms with van der Waals surface area (Å²) in [5, 5.41) is 0. The van der Waals surface area contributed by atoms with Crippen molar-refractivity contribution in [3.63, 3.8) is 0 Å². The van der Waals surface area contributed by atoms with Crippen LogP contribution in [0.4, 0.5) is 0 Å². The molecule has 1 aliphatic rings. The van der Waals surface area contributed by atoms with Gasteiger partial charge in [-0.1, -0.05) is 32.1 Å². The largest absolute Gasteiger partial charge is 0.344 e. The molecule has 1 aliphatic carbocycles. The highest BCUT2D eigenvalue weighted by atomic mass is 16.2. The lowest BCUT2D eigenvalue weighted by molar-refractivity contribution is -0.130. The SMILES string of the molecule is CN(CCN)C(=O)CCC1CCCCC1. The van der Waals surface area contributed by atoms with Gasteiger partial charge in [0.05, 0.1) is 0 Å². The first-order valence-corrected chi connectivity index (χ1v) is 6.18. The van der Waals surface area contributed by atoms with Crippen molar-refractivity contribution in [2.75, 3.05) is 20.1 Å².